The van der Waals surface area contributed by atoms with Crippen LogP contribution in [0.25, 0.3) is 0 Å². The van der Waals surface area contributed by atoms with Gasteiger partial charge in [-0.2, -0.15) is 0 Å². The Labute approximate surface area is 99.6 Å². The summed E-state index contributed by atoms with van der Waals surface area (Å²) in [6.45, 7) is 6.53. The number of rotatable bonds is 4. The molecule has 1 aromatic heterocycles. The summed E-state index contributed by atoms with van der Waals surface area (Å²) >= 11 is 0. The molecule has 2 amide bonds. The number of urea groups is 1. The van der Waals surface area contributed by atoms with Crippen molar-refractivity contribution >= 4 is 17.7 Å². The van der Waals surface area contributed by atoms with E-state index in [-0.39, 0.29) is 11.6 Å². The molecule has 3 N–H and O–H groups in total. The number of carboxylic acid groups (broad SMARTS) is 1. The van der Waals surface area contributed by atoms with Crippen LogP contribution in [0.2, 0.25) is 0 Å². The highest BCUT2D eigenvalue weighted by Gasteiger charge is 2.18. The third-order valence-electron chi connectivity index (χ3n) is 2.58. The Morgan fingerprint density at radius 2 is 2.00 bits per heavy atom. The van der Waals surface area contributed by atoms with E-state index in [2.05, 4.69) is 10.3 Å². The smallest absolute Gasteiger partial charge is 0.339 e. The third-order valence-corrected chi connectivity index (χ3v) is 2.58. The highest BCUT2D eigenvalue weighted by Crippen LogP contribution is 2.19. The van der Waals surface area contributed by atoms with Crippen molar-refractivity contribution in [3.05, 3.63) is 17.5 Å². The van der Waals surface area contributed by atoms with Crippen molar-refractivity contribution in [2.24, 2.45) is 0 Å². The van der Waals surface area contributed by atoms with Gasteiger partial charge in [0.25, 0.3) is 0 Å². The van der Waals surface area contributed by atoms with Crippen LogP contribution in [-0.4, -0.2) is 40.1 Å². The number of carbonyl (C=O) groups excluding carboxylic acids is 1. The summed E-state index contributed by atoms with van der Waals surface area (Å²) in [5.74, 6) is -1.06. The molecule has 0 fully saturated rings. The first kappa shape index (κ1) is 13.1. The molecule has 0 bridgehead atoms. The molecule has 0 unspecified atom stereocenters. The normalized spacial score (nSPS) is 10.1. The predicted octanol–water partition coefficient (Wildman–Crippen LogP) is 1.90. The molecule has 17 heavy (non-hydrogen) atoms. The van der Waals surface area contributed by atoms with Crippen LogP contribution in [0.5, 0.6) is 0 Å². The van der Waals surface area contributed by atoms with E-state index in [1.54, 1.807) is 11.8 Å². The Morgan fingerprint density at radius 1 is 1.41 bits per heavy atom. The highest BCUT2D eigenvalue weighted by molar-refractivity contribution is 6.00. The van der Waals surface area contributed by atoms with E-state index < -0.39 is 5.97 Å². The van der Waals surface area contributed by atoms with E-state index in [1.165, 1.54) is 6.20 Å². The van der Waals surface area contributed by atoms with E-state index >= 15 is 0 Å². The first-order chi connectivity index (χ1) is 8.01. The van der Waals surface area contributed by atoms with Crippen LogP contribution in [0.1, 0.15) is 29.9 Å². The monoisotopic (exact) mass is 239 g/mol. The summed E-state index contributed by atoms with van der Waals surface area (Å²) in [6, 6.07) is -0.295. The lowest BCUT2D eigenvalue weighted by atomic mass is 10.2. The van der Waals surface area contributed by atoms with Gasteiger partial charge in [0.05, 0.1) is 5.69 Å². The van der Waals surface area contributed by atoms with Crippen LogP contribution in [0, 0.1) is 6.92 Å². The number of carboxylic acids is 1. The molecule has 0 aliphatic rings. The Hall–Kier alpha value is -1.98. The van der Waals surface area contributed by atoms with Crippen molar-refractivity contribution in [2.45, 2.75) is 20.8 Å². The second-order valence-corrected chi connectivity index (χ2v) is 3.61. The molecule has 6 nitrogen and oxygen atoms in total. The van der Waals surface area contributed by atoms with Gasteiger partial charge in [0.1, 0.15) is 5.56 Å². The molecule has 1 rings (SSSR count). The number of hydrogen-bond acceptors (Lipinski definition) is 2. The second-order valence-electron chi connectivity index (χ2n) is 3.61. The van der Waals surface area contributed by atoms with E-state index in [4.69, 9.17) is 5.11 Å². The molecular formula is C11H17N3O3. The van der Waals surface area contributed by atoms with Crippen LogP contribution >= 0.6 is 0 Å². The average Bonchev–Trinajstić information content (AvgIpc) is 2.61. The number of amides is 2. The number of aromatic carboxylic acids is 1. The van der Waals surface area contributed by atoms with Gasteiger partial charge in [0.15, 0.2) is 0 Å². The molecule has 0 saturated heterocycles. The van der Waals surface area contributed by atoms with Gasteiger partial charge in [-0.15, -0.1) is 0 Å². The van der Waals surface area contributed by atoms with E-state index in [0.717, 1.165) is 0 Å². The molecule has 0 radical (unpaired) electrons. The number of nitrogens with zero attached hydrogens (tertiary/aromatic N) is 1. The zero-order valence-electron chi connectivity index (χ0n) is 10.2. The number of hydrogen-bond donors (Lipinski definition) is 3. The summed E-state index contributed by atoms with van der Waals surface area (Å²) in [6.07, 6.45) is 1.49. The van der Waals surface area contributed by atoms with Gasteiger partial charge in [-0.25, -0.2) is 9.59 Å². The number of anilines is 1. The average molecular weight is 239 g/mol. The maximum atomic E-state index is 11.8. The zero-order chi connectivity index (χ0) is 13.0. The largest absolute Gasteiger partial charge is 0.478 e. The van der Waals surface area contributed by atoms with Crippen LogP contribution in [0.3, 0.4) is 0 Å². The molecule has 0 aromatic carbocycles. The lowest BCUT2D eigenvalue weighted by Crippen LogP contribution is -2.34. The Morgan fingerprint density at radius 3 is 2.47 bits per heavy atom. The number of aryl methyl sites for hydroxylation is 1. The molecule has 0 aliphatic heterocycles. The minimum absolute atomic E-state index is 0.102. The first-order valence-corrected chi connectivity index (χ1v) is 5.48. The summed E-state index contributed by atoms with van der Waals surface area (Å²) < 4.78 is 0. The number of aromatic nitrogens is 1. The van der Waals surface area contributed by atoms with Crippen molar-refractivity contribution < 1.29 is 14.7 Å². The van der Waals surface area contributed by atoms with Crippen molar-refractivity contribution in [1.29, 1.82) is 0 Å². The molecule has 94 valence electrons. The van der Waals surface area contributed by atoms with Crippen LogP contribution < -0.4 is 5.32 Å². The van der Waals surface area contributed by atoms with Crippen molar-refractivity contribution in [1.82, 2.24) is 9.88 Å². The fourth-order valence-corrected chi connectivity index (χ4v) is 1.61. The van der Waals surface area contributed by atoms with Crippen molar-refractivity contribution in [2.75, 3.05) is 18.4 Å². The molecule has 0 spiro atoms. The lowest BCUT2D eigenvalue weighted by molar-refractivity contribution is 0.0697. The first-order valence-electron chi connectivity index (χ1n) is 5.48. The SMILES string of the molecule is CCN(CC)C(=O)Nc1c[nH]c(C)c1C(=O)O. The van der Waals surface area contributed by atoms with Gasteiger partial charge in [-0.3, -0.25) is 0 Å². The van der Waals surface area contributed by atoms with E-state index in [0.29, 0.717) is 24.5 Å². The van der Waals surface area contributed by atoms with Gasteiger partial charge in [0.2, 0.25) is 0 Å². The summed E-state index contributed by atoms with van der Waals surface area (Å²) in [4.78, 5) is 27.1. The Balaban J connectivity index is 2.89. The number of carbonyl (C=O) groups is 2. The highest BCUT2D eigenvalue weighted by atomic mass is 16.4. The number of H-pyrrole nitrogens is 1. The maximum absolute atomic E-state index is 11.8. The molecule has 6 heteroatoms. The van der Waals surface area contributed by atoms with E-state index in [9.17, 15) is 9.59 Å². The molecule has 1 aromatic rings. The quantitative estimate of drug-likeness (QED) is 0.750. The van der Waals surface area contributed by atoms with Crippen LogP contribution in [-0.2, 0) is 0 Å². The molecule has 0 saturated carbocycles. The fourth-order valence-electron chi connectivity index (χ4n) is 1.61. The molecule has 1 heterocycles. The van der Waals surface area contributed by atoms with E-state index in [1.807, 2.05) is 13.8 Å². The summed E-state index contributed by atoms with van der Waals surface area (Å²) in [7, 11) is 0. The zero-order valence-corrected chi connectivity index (χ0v) is 10.2. The van der Waals surface area contributed by atoms with Crippen molar-refractivity contribution in [3.8, 4) is 0 Å². The van der Waals surface area contributed by atoms with Crippen LogP contribution in [0.15, 0.2) is 6.20 Å². The number of nitrogens with one attached hydrogen (secondary N) is 2. The van der Waals surface area contributed by atoms with Gasteiger partial charge in [0, 0.05) is 25.0 Å². The number of aromatic amines is 1. The molecule has 0 aliphatic carbocycles. The standard InChI is InChI=1S/C11H17N3O3/c1-4-14(5-2)11(17)13-8-6-12-7(3)9(8)10(15)16/h6,12H,4-5H2,1-3H3,(H,13,17)(H,15,16). The fraction of sp³-hybridized carbons (Fsp3) is 0.455. The minimum atomic E-state index is -1.06. The third kappa shape index (κ3) is 2.77. The van der Waals surface area contributed by atoms with Gasteiger partial charge in [-0.1, -0.05) is 0 Å². The minimum Gasteiger partial charge on any atom is -0.478 e. The van der Waals surface area contributed by atoms with Gasteiger partial charge < -0.3 is 20.3 Å². The lowest BCUT2D eigenvalue weighted by Gasteiger charge is -2.18. The van der Waals surface area contributed by atoms with Gasteiger partial charge in [-0.05, 0) is 20.8 Å². The predicted molar refractivity (Wildman–Crippen MR) is 64.4 cm³/mol. The molecule has 0 atom stereocenters. The topological polar surface area (TPSA) is 85.4 Å². The summed E-state index contributed by atoms with van der Waals surface area (Å²) in [5, 5.41) is 11.6. The van der Waals surface area contributed by atoms with Gasteiger partial charge >= 0.3 is 12.0 Å². The Kier molecular flexibility index (Phi) is 4.14. The maximum Gasteiger partial charge on any atom is 0.339 e. The van der Waals surface area contributed by atoms with Crippen molar-refractivity contribution in [3.63, 3.8) is 0 Å². The Bertz CT molecular complexity index is 422. The summed E-state index contributed by atoms with van der Waals surface area (Å²) in [5.41, 5.74) is 0.921. The van der Waals surface area contributed by atoms with Crippen LogP contribution in [0.4, 0.5) is 10.5 Å². The second kappa shape index (κ2) is 5.38. The molecular weight excluding hydrogens is 222 g/mol.